The predicted octanol–water partition coefficient (Wildman–Crippen LogP) is 5.04. The van der Waals surface area contributed by atoms with E-state index in [1.165, 1.54) is 0 Å². The van der Waals surface area contributed by atoms with Crippen LogP contribution < -0.4 is 10.1 Å². The lowest BCUT2D eigenvalue weighted by Crippen LogP contribution is -1.99. The summed E-state index contributed by atoms with van der Waals surface area (Å²) in [6, 6.07) is 13.3. The molecule has 0 bridgehead atoms. The zero-order valence-corrected chi connectivity index (χ0v) is 18.1. The first-order chi connectivity index (χ1) is 14.3. The Labute approximate surface area is 175 Å². The van der Waals surface area contributed by atoms with E-state index in [0.29, 0.717) is 11.6 Å². The Morgan fingerprint density at radius 3 is 2.60 bits per heavy atom. The van der Waals surface area contributed by atoms with Gasteiger partial charge in [0.25, 0.3) is 0 Å². The Morgan fingerprint density at radius 2 is 1.90 bits per heavy atom. The topological polar surface area (TPSA) is 92.3 Å². The monoisotopic (exact) mass is 421 g/mol. The highest BCUT2D eigenvalue weighted by Gasteiger charge is 2.12. The van der Waals surface area contributed by atoms with Gasteiger partial charge < -0.3 is 15.0 Å². The minimum Gasteiger partial charge on any atom is -0.497 e. The van der Waals surface area contributed by atoms with Crippen molar-refractivity contribution in [2.75, 3.05) is 24.9 Å². The van der Waals surface area contributed by atoms with Crippen molar-refractivity contribution in [3.05, 3.63) is 60.4 Å². The van der Waals surface area contributed by atoms with Crippen molar-refractivity contribution >= 4 is 38.0 Å². The van der Waals surface area contributed by atoms with Gasteiger partial charge in [0, 0.05) is 62.9 Å². The minimum absolute atomic E-state index is 0.498. The van der Waals surface area contributed by atoms with Gasteiger partial charge in [-0.3, -0.25) is 0 Å². The Balaban J connectivity index is 1.65. The van der Waals surface area contributed by atoms with Crippen LogP contribution in [0.15, 0.2) is 59.2 Å². The molecule has 7 nitrogen and oxygen atoms in total. The molecule has 0 unspecified atom stereocenters. The Bertz CT molecular complexity index is 1330. The number of hydrogen-bond acceptors (Lipinski definition) is 6. The number of aryl methyl sites for hydroxylation is 1. The summed E-state index contributed by atoms with van der Waals surface area (Å²) in [5.74, 6) is 1.30. The summed E-state index contributed by atoms with van der Waals surface area (Å²) in [4.78, 5) is 12.4. The van der Waals surface area contributed by atoms with Crippen LogP contribution in [-0.2, 0) is 9.73 Å². The molecule has 4 rings (SSSR count). The van der Waals surface area contributed by atoms with Crippen molar-refractivity contribution < 1.29 is 8.95 Å². The number of methoxy groups -OCH3 is 1. The molecular formula is C22H23N5O2S. The Morgan fingerprint density at radius 1 is 1.13 bits per heavy atom. The fourth-order valence-corrected chi connectivity index (χ4v) is 3.82. The number of aromatic nitrogens is 3. The van der Waals surface area contributed by atoms with E-state index in [1.54, 1.807) is 25.8 Å². The Hall–Kier alpha value is -3.39. The molecule has 0 spiro atoms. The van der Waals surface area contributed by atoms with Crippen LogP contribution in [0.4, 0.5) is 17.3 Å². The molecule has 30 heavy (non-hydrogen) atoms. The standard InChI is InChI=1S/C22H23N5O2S/c1-14-12-24-22(25-15-5-7-16(8-6-15)27-30(3,4)28)26-21(14)19-13-23-20-11-17(29-2)9-10-18(19)20/h5-13,23H,1-4H3,(H,24,25,26). The molecule has 8 heteroatoms. The van der Waals surface area contributed by atoms with E-state index in [1.807, 2.05) is 55.6 Å². The number of benzene rings is 2. The lowest BCUT2D eigenvalue weighted by Gasteiger charge is -2.09. The highest BCUT2D eigenvalue weighted by atomic mass is 32.2. The zero-order chi connectivity index (χ0) is 21.3. The van der Waals surface area contributed by atoms with E-state index in [4.69, 9.17) is 9.72 Å². The molecule has 154 valence electrons. The van der Waals surface area contributed by atoms with Crippen LogP contribution in [0.3, 0.4) is 0 Å². The van der Waals surface area contributed by atoms with E-state index in [0.717, 1.165) is 39.2 Å². The smallest absolute Gasteiger partial charge is 0.227 e. The van der Waals surface area contributed by atoms with Gasteiger partial charge in [-0.2, -0.15) is 4.36 Å². The summed E-state index contributed by atoms with van der Waals surface area (Å²) in [6.45, 7) is 1.99. The zero-order valence-electron chi connectivity index (χ0n) is 17.3. The second-order valence-corrected chi connectivity index (χ2v) is 9.83. The molecule has 2 N–H and O–H groups in total. The van der Waals surface area contributed by atoms with E-state index in [-0.39, 0.29) is 0 Å². The van der Waals surface area contributed by atoms with Crippen molar-refractivity contribution in [1.29, 1.82) is 0 Å². The number of hydrogen-bond donors (Lipinski definition) is 2. The van der Waals surface area contributed by atoms with Gasteiger partial charge in [0.2, 0.25) is 5.95 Å². The van der Waals surface area contributed by atoms with Gasteiger partial charge in [-0.05, 0) is 48.9 Å². The maximum Gasteiger partial charge on any atom is 0.227 e. The maximum atomic E-state index is 11.8. The summed E-state index contributed by atoms with van der Waals surface area (Å²) >= 11 is 0. The molecule has 4 aromatic rings. The highest BCUT2D eigenvalue weighted by Crippen LogP contribution is 2.32. The quantitative estimate of drug-likeness (QED) is 0.471. The number of fused-ring (bicyclic) bond motifs is 1. The van der Waals surface area contributed by atoms with Gasteiger partial charge in [-0.25, -0.2) is 14.2 Å². The predicted molar refractivity (Wildman–Crippen MR) is 122 cm³/mol. The summed E-state index contributed by atoms with van der Waals surface area (Å²) in [5, 5.41) is 4.29. The molecule has 0 radical (unpaired) electrons. The fraction of sp³-hybridized carbons (Fsp3) is 0.182. The van der Waals surface area contributed by atoms with Gasteiger partial charge >= 0.3 is 0 Å². The summed E-state index contributed by atoms with van der Waals surface area (Å²) in [7, 11) is -0.534. The molecule has 2 aromatic heterocycles. The number of nitrogens with one attached hydrogen (secondary N) is 2. The number of H-pyrrole nitrogens is 1. The molecule has 2 heterocycles. The molecule has 2 aromatic carbocycles. The third kappa shape index (κ3) is 4.28. The SMILES string of the molecule is COc1ccc2c(-c3nc(Nc4ccc(N=S(C)(C)=O)cc4)ncc3C)c[nH]c2c1. The van der Waals surface area contributed by atoms with E-state index >= 15 is 0 Å². The van der Waals surface area contributed by atoms with E-state index < -0.39 is 9.73 Å². The lowest BCUT2D eigenvalue weighted by atomic mass is 10.1. The van der Waals surface area contributed by atoms with Gasteiger partial charge in [0.1, 0.15) is 5.75 Å². The van der Waals surface area contributed by atoms with Crippen LogP contribution >= 0.6 is 0 Å². The Kier molecular flexibility index (Phi) is 5.17. The van der Waals surface area contributed by atoms with Crippen LogP contribution in [-0.4, -0.2) is 38.8 Å². The van der Waals surface area contributed by atoms with Crippen molar-refractivity contribution in [1.82, 2.24) is 15.0 Å². The van der Waals surface area contributed by atoms with Crippen LogP contribution in [0.5, 0.6) is 5.75 Å². The summed E-state index contributed by atoms with van der Waals surface area (Å²) < 4.78 is 21.3. The van der Waals surface area contributed by atoms with Crippen molar-refractivity contribution in [2.45, 2.75) is 6.92 Å². The number of rotatable bonds is 5. The lowest BCUT2D eigenvalue weighted by molar-refractivity contribution is 0.415. The van der Waals surface area contributed by atoms with E-state index in [2.05, 4.69) is 19.6 Å². The van der Waals surface area contributed by atoms with Crippen LogP contribution in [0.2, 0.25) is 0 Å². The maximum absolute atomic E-state index is 11.8. The van der Waals surface area contributed by atoms with Crippen LogP contribution in [0.1, 0.15) is 5.56 Å². The third-order valence-electron chi connectivity index (χ3n) is 4.56. The van der Waals surface area contributed by atoms with Crippen molar-refractivity contribution in [3.63, 3.8) is 0 Å². The average Bonchev–Trinajstić information content (AvgIpc) is 3.12. The second-order valence-electron chi connectivity index (χ2n) is 7.28. The third-order valence-corrected chi connectivity index (χ3v) is 5.21. The summed E-state index contributed by atoms with van der Waals surface area (Å²) in [6.07, 6.45) is 6.98. The normalized spacial score (nSPS) is 11.5. The van der Waals surface area contributed by atoms with Crippen LogP contribution in [0.25, 0.3) is 22.2 Å². The number of anilines is 2. The first-order valence-electron chi connectivity index (χ1n) is 9.36. The molecule has 0 fully saturated rings. The summed E-state index contributed by atoms with van der Waals surface area (Å²) in [5.41, 5.74) is 5.32. The largest absolute Gasteiger partial charge is 0.497 e. The molecule has 0 amide bonds. The second kappa shape index (κ2) is 7.79. The van der Waals surface area contributed by atoms with Gasteiger partial charge in [-0.1, -0.05) is 0 Å². The first kappa shape index (κ1) is 19.9. The van der Waals surface area contributed by atoms with Crippen molar-refractivity contribution in [3.8, 4) is 17.0 Å². The van der Waals surface area contributed by atoms with Crippen LogP contribution in [0, 0.1) is 6.92 Å². The molecular weight excluding hydrogens is 398 g/mol. The van der Waals surface area contributed by atoms with Crippen molar-refractivity contribution in [2.24, 2.45) is 4.36 Å². The fourth-order valence-electron chi connectivity index (χ4n) is 3.19. The van der Waals surface area contributed by atoms with E-state index in [9.17, 15) is 4.21 Å². The van der Waals surface area contributed by atoms with Gasteiger partial charge in [0.05, 0.1) is 18.5 Å². The highest BCUT2D eigenvalue weighted by molar-refractivity contribution is 7.92. The molecule has 0 saturated carbocycles. The average molecular weight is 422 g/mol. The number of nitrogens with zero attached hydrogens (tertiary/aromatic N) is 3. The molecule has 0 aliphatic heterocycles. The minimum atomic E-state index is -2.19. The number of aromatic amines is 1. The molecule has 0 atom stereocenters. The van der Waals surface area contributed by atoms with Gasteiger partial charge in [0.15, 0.2) is 0 Å². The molecule has 0 saturated heterocycles. The van der Waals surface area contributed by atoms with Gasteiger partial charge in [-0.15, -0.1) is 0 Å². The molecule has 0 aliphatic rings. The first-order valence-corrected chi connectivity index (χ1v) is 11.7. The molecule has 0 aliphatic carbocycles. The number of ether oxygens (including phenoxy) is 1.